The molecule has 4 nitrogen and oxygen atoms in total. The van der Waals surface area contributed by atoms with E-state index < -0.39 is 13.2 Å². The van der Waals surface area contributed by atoms with E-state index in [0.717, 1.165) is 35.0 Å². The summed E-state index contributed by atoms with van der Waals surface area (Å²) in [5.74, 6) is 1.67. The molecule has 1 aliphatic carbocycles. The monoisotopic (exact) mass is 519 g/mol. The van der Waals surface area contributed by atoms with Crippen LogP contribution in [0.5, 0.6) is 5.75 Å². The molecule has 5 heteroatoms. The first kappa shape index (κ1) is 27.6. The normalized spacial score (nSPS) is 23.2. The predicted octanol–water partition coefficient (Wildman–Crippen LogP) is 8.13. The van der Waals surface area contributed by atoms with Gasteiger partial charge in [-0.05, 0) is 72.9 Å². The summed E-state index contributed by atoms with van der Waals surface area (Å²) in [6, 6.07) is 28.0. The van der Waals surface area contributed by atoms with Crippen LogP contribution in [-0.4, -0.2) is 13.2 Å². The average molecular weight is 520 g/mol. The Balaban J connectivity index is 1.80. The maximum Gasteiger partial charge on any atom is 0.253 e. The summed E-state index contributed by atoms with van der Waals surface area (Å²) >= 11 is 0. The fraction of sp³-hybridized carbons (Fsp3) is 0.438. The highest BCUT2D eigenvalue weighted by Gasteiger charge is 2.43. The zero-order valence-corrected chi connectivity index (χ0v) is 23.7. The summed E-state index contributed by atoms with van der Waals surface area (Å²) in [5.41, 5.74) is 2.08. The van der Waals surface area contributed by atoms with E-state index in [1.165, 1.54) is 6.42 Å². The molecular formula is C32H42NO3P. The molecule has 37 heavy (non-hydrogen) atoms. The maximum atomic E-state index is 15.5. The molecule has 1 saturated carbocycles. The molecule has 1 N–H and O–H groups in total. The van der Waals surface area contributed by atoms with Gasteiger partial charge in [-0.25, -0.2) is 0 Å². The molecule has 4 rings (SSSR count). The van der Waals surface area contributed by atoms with Crippen molar-refractivity contribution in [2.75, 3.05) is 7.11 Å². The molecule has 6 atom stereocenters. The lowest BCUT2D eigenvalue weighted by Gasteiger charge is -2.41. The van der Waals surface area contributed by atoms with Gasteiger partial charge in [-0.3, -0.25) is 9.88 Å². The van der Waals surface area contributed by atoms with E-state index in [2.05, 4.69) is 45.1 Å². The summed E-state index contributed by atoms with van der Waals surface area (Å²) < 4.78 is 27.9. The molecule has 1 unspecified atom stereocenters. The third-order valence-corrected chi connectivity index (χ3v) is 10.6. The van der Waals surface area contributed by atoms with Gasteiger partial charge in [-0.1, -0.05) is 87.9 Å². The van der Waals surface area contributed by atoms with Crippen molar-refractivity contribution >= 4 is 12.7 Å². The number of hydrogen-bond donors (Lipinski definition) is 1. The van der Waals surface area contributed by atoms with Crippen LogP contribution >= 0.6 is 7.37 Å². The Morgan fingerprint density at radius 1 is 0.838 bits per heavy atom. The van der Waals surface area contributed by atoms with Gasteiger partial charge in [0, 0.05) is 11.3 Å². The molecule has 0 amide bonds. The molecule has 3 aromatic carbocycles. The van der Waals surface area contributed by atoms with Gasteiger partial charge < -0.3 is 9.26 Å². The van der Waals surface area contributed by atoms with E-state index in [0.29, 0.717) is 17.8 Å². The van der Waals surface area contributed by atoms with E-state index in [9.17, 15) is 0 Å². The molecule has 0 aliphatic heterocycles. The fourth-order valence-electron chi connectivity index (χ4n) is 5.60. The van der Waals surface area contributed by atoms with Crippen LogP contribution < -0.4 is 15.4 Å². The minimum Gasteiger partial charge on any atom is -0.497 e. The highest BCUT2D eigenvalue weighted by Crippen LogP contribution is 2.61. The minimum atomic E-state index is -3.43. The van der Waals surface area contributed by atoms with E-state index in [-0.39, 0.29) is 12.1 Å². The molecule has 0 heterocycles. The van der Waals surface area contributed by atoms with Crippen molar-refractivity contribution < 1.29 is 13.8 Å². The molecular weight excluding hydrogens is 477 g/mol. The molecule has 0 spiro atoms. The largest absolute Gasteiger partial charge is 0.497 e. The standard InChI is InChI=1S/C32H42NO3P/c1-23(2)30-21-16-24(3)22-31(30)36-37(34,29-14-10-7-11-15-29)32(27-17-19-28(35-5)20-18-27)33-25(4)26-12-8-6-9-13-26/h6-15,17-20,23-25,30-33H,16,21-22H2,1-5H3/t24-,25-,30+,31-,32+,37?/m1/s1. The Kier molecular flexibility index (Phi) is 9.29. The van der Waals surface area contributed by atoms with Crippen LogP contribution in [0.15, 0.2) is 84.9 Å². The van der Waals surface area contributed by atoms with Crippen LogP contribution in [0, 0.1) is 17.8 Å². The number of nitrogens with one attached hydrogen (secondary N) is 1. The zero-order valence-electron chi connectivity index (χ0n) is 22.8. The third-order valence-electron chi connectivity index (χ3n) is 7.85. The third kappa shape index (κ3) is 6.55. The second kappa shape index (κ2) is 12.4. The lowest BCUT2D eigenvalue weighted by Crippen LogP contribution is -2.37. The second-order valence-electron chi connectivity index (χ2n) is 10.9. The van der Waals surface area contributed by atoms with Crippen molar-refractivity contribution in [3.63, 3.8) is 0 Å². The van der Waals surface area contributed by atoms with Gasteiger partial charge in [0.1, 0.15) is 11.5 Å². The molecule has 0 bridgehead atoms. The van der Waals surface area contributed by atoms with Gasteiger partial charge in [0.2, 0.25) is 0 Å². The first-order chi connectivity index (χ1) is 17.8. The number of rotatable bonds is 10. The SMILES string of the molecule is COc1ccc([C@@H](N[C@H](C)c2ccccc2)P(=O)(O[C@@H]2C[C@H](C)CC[C@H]2C(C)C)c2ccccc2)cc1. The van der Waals surface area contributed by atoms with Gasteiger partial charge in [0.25, 0.3) is 7.37 Å². The Hall–Kier alpha value is -2.39. The van der Waals surface area contributed by atoms with E-state index in [1.54, 1.807) is 7.11 Å². The Bertz CT molecular complexity index is 1150. The van der Waals surface area contributed by atoms with Crippen molar-refractivity contribution in [1.82, 2.24) is 5.32 Å². The van der Waals surface area contributed by atoms with E-state index in [4.69, 9.17) is 9.26 Å². The molecule has 198 valence electrons. The van der Waals surface area contributed by atoms with Crippen LogP contribution in [0.25, 0.3) is 0 Å². The van der Waals surface area contributed by atoms with Crippen molar-refractivity contribution in [3.05, 3.63) is 96.1 Å². The highest BCUT2D eigenvalue weighted by atomic mass is 31.2. The molecule has 0 aromatic heterocycles. The van der Waals surface area contributed by atoms with Gasteiger partial charge >= 0.3 is 0 Å². The van der Waals surface area contributed by atoms with Crippen LogP contribution in [0.2, 0.25) is 0 Å². The number of ether oxygens (including phenoxy) is 1. The van der Waals surface area contributed by atoms with Crippen LogP contribution in [0.3, 0.4) is 0 Å². The second-order valence-corrected chi connectivity index (χ2v) is 13.3. The van der Waals surface area contributed by atoms with Gasteiger partial charge in [-0.2, -0.15) is 0 Å². The van der Waals surface area contributed by atoms with Crippen molar-refractivity contribution in [1.29, 1.82) is 0 Å². The number of methoxy groups -OCH3 is 1. The zero-order chi connectivity index (χ0) is 26.4. The first-order valence-electron chi connectivity index (χ1n) is 13.6. The molecule has 0 saturated heterocycles. The average Bonchev–Trinajstić information content (AvgIpc) is 2.92. The fourth-order valence-corrected chi connectivity index (χ4v) is 8.35. The van der Waals surface area contributed by atoms with Crippen LogP contribution in [0.4, 0.5) is 0 Å². The minimum absolute atomic E-state index is 0.0277. The summed E-state index contributed by atoms with van der Waals surface area (Å²) in [5, 5.41) is 4.50. The van der Waals surface area contributed by atoms with Crippen molar-refractivity contribution in [2.24, 2.45) is 17.8 Å². The van der Waals surface area contributed by atoms with Gasteiger partial charge in [-0.15, -0.1) is 0 Å². The van der Waals surface area contributed by atoms with Crippen LogP contribution in [-0.2, 0) is 9.09 Å². The Morgan fingerprint density at radius 2 is 1.46 bits per heavy atom. The molecule has 1 aliphatic rings. The Morgan fingerprint density at radius 3 is 2.05 bits per heavy atom. The number of hydrogen-bond acceptors (Lipinski definition) is 4. The smallest absolute Gasteiger partial charge is 0.253 e. The quantitative estimate of drug-likeness (QED) is 0.275. The van der Waals surface area contributed by atoms with Crippen molar-refractivity contribution in [2.45, 2.75) is 64.9 Å². The lowest BCUT2D eigenvalue weighted by molar-refractivity contribution is 0.0479. The summed E-state index contributed by atoms with van der Waals surface area (Å²) in [6.07, 6.45) is 3.19. The molecule has 0 radical (unpaired) electrons. The van der Waals surface area contributed by atoms with Crippen LogP contribution in [0.1, 0.15) is 69.9 Å². The van der Waals surface area contributed by atoms with E-state index >= 15 is 4.57 Å². The summed E-state index contributed by atoms with van der Waals surface area (Å²) in [7, 11) is -1.76. The lowest BCUT2D eigenvalue weighted by atomic mass is 9.75. The first-order valence-corrected chi connectivity index (χ1v) is 15.3. The van der Waals surface area contributed by atoms with Gasteiger partial charge in [0.15, 0.2) is 0 Å². The Labute approximate surface area is 223 Å². The molecule has 3 aromatic rings. The van der Waals surface area contributed by atoms with E-state index in [1.807, 2.05) is 72.8 Å². The maximum absolute atomic E-state index is 15.5. The van der Waals surface area contributed by atoms with Crippen molar-refractivity contribution in [3.8, 4) is 5.75 Å². The summed E-state index contributed by atoms with van der Waals surface area (Å²) in [4.78, 5) is 0. The molecule has 1 fully saturated rings. The highest BCUT2D eigenvalue weighted by molar-refractivity contribution is 7.67. The number of benzene rings is 3. The van der Waals surface area contributed by atoms with Gasteiger partial charge in [0.05, 0.1) is 13.2 Å². The summed E-state index contributed by atoms with van der Waals surface area (Å²) in [6.45, 7) is 8.94. The predicted molar refractivity (Wildman–Crippen MR) is 154 cm³/mol. The topological polar surface area (TPSA) is 47.6 Å².